The van der Waals surface area contributed by atoms with Crippen molar-refractivity contribution in [3.63, 3.8) is 0 Å². The van der Waals surface area contributed by atoms with Gasteiger partial charge in [0.25, 0.3) is 0 Å². The molecule has 0 aliphatic rings. The van der Waals surface area contributed by atoms with Gasteiger partial charge in [-0.25, -0.2) is 0 Å². The molecule has 4 nitrogen and oxygen atoms in total. The summed E-state index contributed by atoms with van der Waals surface area (Å²) in [7, 11) is 0. The second-order valence-electron chi connectivity index (χ2n) is 2.33. The Bertz CT molecular complexity index is 373. The molecule has 0 saturated heterocycles. The van der Waals surface area contributed by atoms with Crippen LogP contribution in [-0.2, 0) is 6.54 Å². The molecule has 2 aromatic heterocycles. The first-order valence-electron chi connectivity index (χ1n) is 3.57. The van der Waals surface area contributed by atoms with Crippen molar-refractivity contribution in [2.45, 2.75) is 6.54 Å². The summed E-state index contributed by atoms with van der Waals surface area (Å²) in [4.78, 5) is 1.13. The maximum Gasteiger partial charge on any atom is 0.315 e. The number of nitrogens with zero attached hydrogens (tertiary/aromatic N) is 2. The lowest BCUT2D eigenvalue weighted by Crippen LogP contribution is -1.97. The van der Waals surface area contributed by atoms with Gasteiger partial charge in [-0.2, -0.15) is 0 Å². The van der Waals surface area contributed by atoms with Gasteiger partial charge in [0.2, 0.25) is 6.39 Å². The fraction of sp³-hybridized carbons (Fsp3) is 0.143. The van der Waals surface area contributed by atoms with E-state index in [-0.39, 0.29) is 0 Å². The molecular formula is C7H6ClN3OS. The van der Waals surface area contributed by atoms with Crippen LogP contribution in [0.3, 0.4) is 0 Å². The van der Waals surface area contributed by atoms with E-state index in [1.807, 2.05) is 11.4 Å². The van der Waals surface area contributed by atoms with Crippen LogP contribution in [-0.4, -0.2) is 10.2 Å². The summed E-state index contributed by atoms with van der Waals surface area (Å²) in [6, 6.07) is 2.32. The molecule has 0 bridgehead atoms. The molecule has 68 valence electrons. The molecule has 0 spiro atoms. The van der Waals surface area contributed by atoms with Crippen molar-refractivity contribution in [1.29, 1.82) is 0 Å². The highest BCUT2D eigenvalue weighted by atomic mass is 35.5. The average molecular weight is 216 g/mol. The summed E-state index contributed by atoms with van der Waals surface area (Å²) < 4.78 is 4.90. The number of anilines is 1. The minimum atomic E-state index is 0.421. The maximum atomic E-state index is 5.75. The van der Waals surface area contributed by atoms with Crippen LogP contribution in [0.25, 0.3) is 0 Å². The predicted molar refractivity (Wildman–Crippen MR) is 51.0 cm³/mol. The maximum absolute atomic E-state index is 5.75. The quantitative estimate of drug-likeness (QED) is 0.854. The van der Waals surface area contributed by atoms with Crippen LogP contribution in [0, 0.1) is 0 Å². The highest BCUT2D eigenvalue weighted by Gasteiger charge is 2.00. The Labute approximate surface area is 83.5 Å². The summed E-state index contributed by atoms with van der Waals surface area (Å²) in [5.74, 6) is 0. The van der Waals surface area contributed by atoms with E-state index in [1.54, 1.807) is 11.3 Å². The molecule has 6 heteroatoms. The lowest BCUT2D eigenvalue weighted by Gasteiger charge is -1.95. The topological polar surface area (TPSA) is 51.0 Å². The third kappa shape index (κ3) is 2.19. The van der Waals surface area contributed by atoms with Gasteiger partial charge in [0, 0.05) is 10.3 Å². The molecule has 1 N–H and O–H groups in total. The highest BCUT2D eigenvalue weighted by molar-refractivity contribution is 7.10. The molecule has 0 saturated carbocycles. The Morgan fingerprint density at radius 1 is 1.62 bits per heavy atom. The van der Waals surface area contributed by atoms with Crippen molar-refractivity contribution in [2.24, 2.45) is 0 Å². The first-order chi connectivity index (χ1) is 6.34. The molecule has 0 amide bonds. The standard InChI is InChI=1S/C7H6ClN3OS/c8-5-1-6(13-3-5)2-9-7-11-10-4-12-7/h1,3-4H,2H2,(H,9,11). The Morgan fingerprint density at radius 3 is 3.15 bits per heavy atom. The molecule has 2 heterocycles. The Morgan fingerprint density at radius 2 is 2.54 bits per heavy atom. The van der Waals surface area contributed by atoms with Gasteiger partial charge in [-0.3, -0.25) is 0 Å². The van der Waals surface area contributed by atoms with Crippen LogP contribution in [0.15, 0.2) is 22.3 Å². The molecule has 0 fully saturated rings. The lowest BCUT2D eigenvalue weighted by molar-refractivity contribution is 0.565. The number of hydrogen-bond acceptors (Lipinski definition) is 5. The van der Waals surface area contributed by atoms with Crippen molar-refractivity contribution in [1.82, 2.24) is 10.2 Å². The number of halogens is 1. The normalized spacial score (nSPS) is 10.2. The minimum Gasteiger partial charge on any atom is -0.411 e. The van der Waals surface area contributed by atoms with E-state index in [2.05, 4.69) is 15.5 Å². The molecule has 0 atom stereocenters. The summed E-state index contributed by atoms with van der Waals surface area (Å²) in [6.45, 7) is 0.652. The Kier molecular flexibility index (Phi) is 2.47. The summed E-state index contributed by atoms with van der Waals surface area (Å²) in [5, 5.41) is 12.8. The van der Waals surface area contributed by atoms with Gasteiger partial charge in [0.05, 0.1) is 11.6 Å². The van der Waals surface area contributed by atoms with Gasteiger partial charge >= 0.3 is 6.01 Å². The molecule has 2 aromatic rings. The van der Waals surface area contributed by atoms with Crippen LogP contribution in [0.1, 0.15) is 4.88 Å². The number of aromatic nitrogens is 2. The van der Waals surface area contributed by atoms with E-state index in [0.717, 1.165) is 9.90 Å². The molecule has 0 aliphatic heterocycles. The summed E-state index contributed by atoms with van der Waals surface area (Å²) in [6.07, 6.45) is 1.28. The first-order valence-corrected chi connectivity index (χ1v) is 4.83. The van der Waals surface area contributed by atoms with E-state index >= 15 is 0 Å². The van der Waals surface area contributed by atoms with E-state index in [0.29, 0.717) is 12.6 Å². The van der Waals surface area contributed by atoms with Crippen LogP contribution in [0.2, 0.25) is 5.02 Å². The van der Waals surface area contributed by atoms with Crippen molar-refractivity contribution < 1.29 is 4.42 Å². The zero-order valence-corrected chi connectivity index (χ0v) is 8.10. The monoisotopic (exact) mass is 215 g/mol. The second kappa shape index (κ2) is 3.76. The largest absolute Gasteiger partial charge is 0.411 e. The minimum absolute atomic E-state index is 0.421. The van der Waals surface area contributed by atoms with Crippen molar-refractivity contribution in [2.75, 3.05) is 5.32 Å². The van der Waals surface area contributed by atoms with Gasteiger partial charge in [-0.15, -0.1) is 16.4 Å². The third-order valence-corrected chi connectivity index (χ3v) is 2.68. The molecule has 0 radical (unpaired) electrons. The van der Waals surface area contributed by atoms with Crippen molar-refractivity contribution in [3.8, 4) is 0 Å². The molecule has 0 aromatic carbocycles. The van der Waals surface area contributed by atoms with E-state index < -0.39 is 0 Å². The number of thiophene rings is 1. The zero-order chi connectivity index (χ0) is 9.10. The summed E-state index contributed by atoms with van der Waals surface area (Å²) in [5.41, 5.74) is 0. The SMILES string of the molecule is Clc1csc(CNc2nnco2)c1. The van der Waals surface area contributed by atoms with Crippen LogP contribution >= 0.6 is 22.9 Å². The van der Waals surface area contributed by atoms with E-state index in [4.69, 9.17) is 16.0 Å². The van der Waals surface area contributed by atoms with Gasteiger partial charge in [0.1, 0.15) is 0 Å². The second-order valence-corrected chi connectivity index (χ2v) is 3.76. The fourth-order valence-corrected chi connectivity index (χ4v) is 1.87. The number of nitrogens with one attached hydrogen (secondary N) is 1. The highest BCUT2D eigenvalue weighted by Crippen LogP contribution is 2.19. The molecule has 2 rings (SSSR count). The van der Waals surface area contributed by atoms with Gasteiger partial charge < -0.3 is 9.73 Å². The van der Waals surface area contributed by atoms with Crippen LogP contribution < -0.4 is 5.32 Å². The number of rotatable bonds is 3. The predicted octanol–water partition coefficient (Wildman–Crippen LogP) is 2.40. The summed E-state index contributed by atoms with van der Waals surface area (Å²) >= 11 is 7.34. The van der Waals surface area contributed by atoms with Gasteiger partial charge in [-0.05, 0) is 6.07 Å². The van der Waals surface area contributed by atoms with Crippen LogP contribution in [0.5, 0.6) is 0 Å². The molecule has 0 unspecified atom stereocenters. The lowest BCUT2D eigenvalue weighted by atomic mass is 10.5. The Hall–Kier alpha value is -1.07. The molecule has 0 aliphatic carbocycles. The van der Waals surface area contributed by atoms with Crippen molar-refractivity contribution >= 4 is 29.0 Å². The van der Waals surface area contributed by atoms with Crippen molar-refractivity contribution in [3.05, 3.63) is 27.7 Å². The molecular weight excluding hydrogens is 210 g/mol. The third-order valence-electron chi connectivity index (χ3n) is 1.40. The first kappa shape index (κ1) is 8.52. The van der Waals surface area contributed by atoms with Gasteiger partial charge in [0.15, 0.2) is 0 Å². The Balaban J connectivity index is 1.93. The van der Waals surface area contributed by atoms with E-state index in [1.165, 1.54) is 6.39 Å². The zero-order valence-electron chi connectivity index (χ0n) is 6.53. The number of hydrogen-bond donors (Lipinski definition) is 1. The van der Waals surface area contributed by atoms with E-state index in [9.17, 15) is 0 Å². The smallest absolute Gasteiger partial charge is 0.315 e. The molecule has 13 heavy (non-hydrogen) atoms. The average Bonchev–Trinajstić information content (AvgIpc) is 2.71. The van der Waals surface area contributed by atoms with Gasteiger partial charge in [-0.1, -0.05) is 16.7 Å². The fourth-order valence-electron chi connectivity index (χ4n) is 0.859. The van der Waals surface area contributed by atoms with Crippen LogP contribution in [0.4, 0.5) is 6.01 Å².